The van der Waals surface area contributed by atoms with Gasteiger partial charge in [0.05, 0.1) is 23.6 Å². The summed E-state index contributed by atoms with van der Waals surface area (Å²) in [5.41, 5.74) is 0.772. The molecule has 3 atom stereocenters. The van der Waals surface area contributed by atoms with Crippen molar-refractivity contribution in [1.82, 2.24) is 10.2 Å². The van der Waals surface area contributed by atoms with Gasteiger partial charge in [-0.1, -0.05) is 30.3 Å². The van der Waals surface area contributed by atoms with Gasteiger partial charge in [-0.3, -0.25) is 14.4 Å². The summed E-state index contributed by atoms with van der Waals surface area (Å²) in [6, 6.07) is 9.02. The predicted octanol–water partition coefficient (Wildman–Crippen LogP) is -2.69. The predicted molar refractivity (Wildman–Crippen MR) is 102 cm³/mol. The molecule has 2 heterocycles. The summed E-state index contributed by atoms with van der Waals surface area (Å²) in [5.74, 6) is -2.78. The number of nitrogens with zero attached hydrogens (tertiary/aromatic N) is 1. The Morgan fingerprint density at radius 2 is 2.07 bits per heavy atom. The number of aliphatic carboxylic acids is 1. The number of rotatable bonds is 9. The molecule has 2 aliphatic rings. The van der Waals surface area contributed by atoms with E-state index in [1.54, 1.807) is 6.92 Å². The van der Waals surface area contributed by atoms with Crippen molar-refractivity contribution in [2.24, 2.45) is 5.92 Å². The van der Waals surface area contributed by atoms with Crippen molar-refractivity contribution in [3.63, 3.8) is 0 Å². The Kier molecular flexibility index (Phi) is 8.72. The quantitative estimate of drug-likeness (QED) is 0.193. The monoisotopic (exact) mass is 438 g/mol. The van der Waals surface area contributed by atoms with Gasteiger partial charge in [-0.2, -0.15) is 0 Å². The van der Waals surface area contributed by atoms with Crippen molar-refractivity contribution in [2.75, 3.05) is 0 Å². The molecule has 10 heteroatoms. The molecule has 1 aromatic rings. The zero-order valence-corrected chi connectivity index (χ0v) is 19.4. The Bertz CT molecular complexity index is 889. The number of hydrogen-bond acceptors (Lipinski definition) is 7. The summed E-state index contributed by atoms with van der Waals surface area (Å²) in [6.07, 6.45) is 0.959. The Labute approximate surface area is 200 Å². The molecule has 3 rings (SSSR count). The number of carboxylic acid groups (broad SMARTS) is 1. The molecule has 2 aliphatic heterocycles. The van der Waals surface area contributed by atoms with Crippen LogP contribution in [0.25, 0.3) is 0 Å². The summed E-state index contributed by atoms with van der Waals surface area (Å²) in [4.78, 5) is 48.0. The number of benzene rings is 1. The molecule has 8 nitrogen and oxygen atoms in total. The number of thioether (sulfide) groups is 1. The number of fused-ring (bicyclic) bond motifs is 1. The molecule has 0 radical (unpaired) electrons. The summed E-state index contributed by atoms with van der Waals surface area (Å²) < 4.78 is 4.85. The van der Waals surface area contributed by atoms with E-state index in [1.807, 2.05) is 30.3 Å². The minimum Gasteiger partial charge on any atom is -0.543 e. The first-order valence-corrected chi connectivity index (χ1v) is 9.83. The Morgan fingerprint density at radius 1 is 1.37 bits per heavy atom. The maximum absolute atomic E-state index is 12.3. The molecular formula is C20H19N2NaO6S. The fraction of sp³-hybridized carbons (Fsp3) is 0.300. The summed E-state index contributed by atoms with van der Waals surface area (Å²) in [5, 5.41) is 15.8. The van der Waals surface area contributed by atoms with E-state index in [9.17, 15) is 24.3 Å². The molecule has 0 spiro atoms. The molecule has 0 aromatic heterocycles. The van der Waals surface area contributed by atoms with E-state index in [0.717, 1.165) is 17.3 Å². The SMILES string of the molecule is C[C@@H](OC=O)[C@H]1C(=O)N2C(C(=O)[O-])=C(S/C=C\C(=O)NCc3ccccc3)C[C@H]12.[Na+]. The average Bonchev–Trinajstić information content (AvgIpc) is 3.02. The molecule has 30 heavy (non-hydrogen) atoms. The molecule has 1 N–H and O–H groups in total. The first-order valence-electron chi connectivity index (χ1n) is 8.95. The number of amides is 2. The number of carbonyl (C=O) groups excluding carboxylic acids is 4. The van der Waals surface area contributed by atoms with E-state index in [2.05, 4.69) is 5.32 Å². The van der Waals surface area contributed by atoms with Gasteiger partial charge >= 0.3 is 29.6 Å². The van der Waals surface area contributed by atoms with Gasteiger partial charge in [0.2, 0.25) is 11.8 Å². The molecule has 0 saturated carbocycles. The second-order valence-electron chi connectivity index (χ2n) is 6.63. The van der Waals surface area contributed by atoms with Crippen LogP contribution >= 0.6 is 11.8 Å². The topological polar surface area (TPSA) is 116 Å². The Hall–Kier alpha value is -2.07. The first kappa shape index (κ1) is 24.2. The number of carboxylic acids is 1. The molecule has 0 aliphatic carbocycles. The van der Waals surface area contributed by atoms with Crippen molar-refractivity contribution in [3.05, 3.63) is 58.0 Å². The Balaban J connectivity index is 0.00000320. The zero-order chi connectivity index (χ0) is 21.0. The van der Waals surface area contributed by atoms with E-state index in [4.69, 9.17) is 4.74 Å². The first-order chi connectivity index (χ1) is 13.9. The zero-order valence-electron chi connectivity index (χ0n) is 16.6. The molecule has 2 amide bonds. The third-order valence-corrected chi connectivity index (χ3v) is 5.79. The Morgan fingerprint density at radius 3 is 2.70 bits per heavy atom. The van der Waals surface area contributed by atoms with Gasteiger partial charge in [-0.25, -0.2) is 0 Å². The van der Waals surface area contributed by atoms with E-state index in [1.165, 1.54) is 16.4 Å². The van der Waals surface area contributed by atoms with Crippen LogP contribution in [0.1, 0.15) is 18.9 Å². The second-order valence-corrected chi connectivity index (χ2v) is 7.63. The summed E-state index contributed by atoms with van der Waals surface area (Å²) in [7, 11) is 0. The van der Waals surface area contributed by atoms with E-state index < -0.39 is 29.9 Å². The van der Waals surface area contributed by atoms with Crippen LogP contribution in [-0.2, 0) is 30.5 Å². The van der Waals surface area contributed by atoms with Crippen LogP contribution in [0, 0.1) is 5.92 Å². The minimum atomic E-state index is -1.45. The number of nitrogens with one attached hydrogen (secondary N) is 1. The van der Waals surface area contributed by atoms with Gasteiger partial charge in [-0.15, -0.1) is 11.8 Å². The summed E-state index contributed by atoms with van der Waals surface area (Å²) in [6.45, 7) is 2.24. The van der Waals surface area contributed by atoms with Crippen LogP contribution in [0.15, 0.2) is 52.4 Å². The second kappa shape index (κ2) is 10.8. The van der Waals surface area contributed by atoms with E-state index >= 15 is 0 Å². The van der Waals surface area contributed by atoms with Gasteiger partial charge in [0.25, 0.3) is 6.47 Å². The average molecular weight is 438 g/mol. The van der Waals surface area contributed by atoms with E-state index in [0.29, 0.717) is 17.9 Å². The third kappa shape index (κ3) is 5.15. The fourth-order valence-corrected chi connectivity index (χ4v) is 4.42. The molecule has 1 fully saturated rings. The molecule has 152 valence electrons. The number of β-lactam (4-membered cyclic amide) rings is 1. The van der Waals surface area contributed by atoms with E-state index in [-0.39, 0.29) is 47.6 Å². The molecular weight excluding hydrogens is 419 g/mol. The van der Waals surface area contributed by atoms with Crippen molar-refractivity contribution in [1.29, 1.82) is 0 Å². The van der Waals surface area contributed by atoms with Crippen molar-refractivity contribution >= 4 is 36.0 Å². The van der Waals surface area contributed by atoms with Crippen LogP contribution in [0.3, 0.4) is 0 Å². The van der Waals surface area contributed by atoms with Gasteiger partial charge in [0, 0.05) is 23.9 Å². The van der Waals surface area contributed by atoms with Crippen molar-refractivity contribution in [3.8, 4) is 0 Å². The van der Waals surface area contributed by atoms with Crippen LogP contribution in [0.2, 0.25) is 0 Å². The molecule has 0 unspecified atom stereocenters. The van der Waals surface area contributed by atoms with Crippen LogP contribution in [0.4, 0.5) is 0 Å². The summed E-state index contributed by atoms with van der Waals surface area (Å²) >= 11 is 1.06. The van der Waals surface area contributed by atoms with Gasteiger partial charge in [0.1, 0.15) is 6.10 Å². The van der Waals surface area contributed by atoms with Crippen LogP contribution in [0.5, 0.6) is 0 Å². The molecule has 1 saturated heterocycles. The normalized spacial score (nSPS) is 20.8. The van der Waals surface area contributed by atoms with Gasteiger partial charge < -0.3 is 24.9 Å². The molecule has 0 bridgehead atoms. The van der Waals surface area contributed by atoms with Crippen LogP contribution < -0.4 is 40.0 Å². The largest absolute Gasteiger partial charge is 1.00 e. The van der Waals surface area contributed by atoms with Crippen molar-refractivity contribution in [2.45, 2.75) is 32.0 Å². The maximum Gasteiger partial charge on any atom is 1.00 e. The minimum absolute atomic E-state index is 0. The number of ether oxygens (including phenoxy) is 1. The third-order valence-electron chi connectivity index (χ3n) is 4.88. The van der Waals surface area contributed by atoms with Crippen molar-refractivity contribution < 1.29 is 58.6 Å². The number of hydrogen-bond donors (Lipinski definition) is 1. The smallest absolute Gasteiger partial charge is 0.543 e. The maximum atomic E-state index is 12.3. The van der Waals surface area contributed by atoms with Gasteiger partial charge in [0.15, 0.2) is 0 Å². The standard InChI is InChI=1S/C20H20N2O6S.Na/c1-12(28-11-23)17-14-9-15(18(20(26)27)22(14)19(17)25)29-8-7-16(24)21-10-13-5-3-2-4-6-13;/h2-8,11-12,14,17H,9-10H2,1H3,(H,21,24)(H,26,27);/q;+1/p-1/b8-7-;/t12-,14-,17-;/m1./s1. The fourth-order valence-electron chi connectivity index (χ4n) is 3.51. The number of carbonyl (C=O) groups is 4. The van der Waals surface area contributed by atoms with Crippen LogP contribution in [-0.4, -0.2) is 41.3 Å². The molecule has 1 aromatic carbocycles. The van der Waals surface area contributed by atoms with Gasteiger partial charge in [-0.05, 0) is 17.9 Å².